The van der Waals surface area contributed by atoms with E-state index < -0.39 is 12.1 Å². The molecule has 0 fully saturated rings. The van der Waals surface area contributed by atoms with Gasteiger partial charge in [-0.2, -0.15) is 0 Å². The minimum absolute atomic E-state index is 0.0144. The Labute approximate surface area is 457 Å². The first-order chi connectivity index (χ1) is 36.0. The largest absolute Gasteiger partial charge is 0.466 e. The zero-order valence-corrected chi connectivity index (χ0v) is 49.6. The fourth-order valence-electron chi connectivity index (χ4n) is 10.7. The van der Waals surface area contributed by atoms with Crippen LogP contribution in [0.1, 0.15) is 380 Å². The summed E-state index contributed by atoms with van der Waals surface area (Å²) in [5.41, 5.74) is 0. The van der Waals surface area contributed by atoms with Crippen molar-refractivity contribution in [3.05, 3.63) is 12.2 Å². The van der Waals surface area contributed by atoms with Crippen molar-refractivity contribution in [2.75, 3.05) is 13.2 Å². The van der Waals surface area contributed by atoms with E-state index in [4.69, 9.17) is 4.74 Å². The molecule has 0 radical (unpaired) electrons. The molecule has 0 aromatic heterocycles. The lowest BCUT2D eigenvalue weighted by atomic mass is 10.0. The Morgan fingerprint density at radius 1 is 0.370 bits per heavy atom. The predicted octanol–water partition coefficient (Wildman–Crippen LogP) is 21.2. The minimum Gasteiger partial charge on any atom is -0.466 e. The normalized spacial score (nSPS) is 12.5. The standard InChI is InChI=1S/C67H131NO5/c1-3-5-7-9-11-13-15-17-19-21-28-31-35-39-43-47-51-55-59-65(70)64(63-69)68-66(71)60-56-52-48-44-40-36-32-29-26-24-22-23-25-27-30-34-38-42-46-50-54-58-62-73-67(72)61-57-53-49-45-41-37-33-20-18-16-14-12-10-8-6-4-2/h24,26,64-65,69-70H,3-23,25,27-63H2,1-2H3,(H,68,71)/b26-24-. The zero-order chi connectivity index (χ0) is 52.9. The summed E-state index contributed by atoms with van der Waals surface area (Å²) in [4.78, 5) is 24.6. The van der Waals surface area contributed by atoms with Crippen molar-refractivity contribution in [3.8, 4) is 0 Å². The van der Waals surface area contributed by atoms with E-state index in [0.717, 1.165) is 38.5 Å². The lowest BCUT2D eigenvalue weighted by molar-refractivity contribution is -0.143. The molecule has 0 bridgehead atoms. The van der Waals surface area contributed by atoms with Crippen molar-refractivity contribution in [2.24, 2.45) is 0 Å². The topological polar surface area (TPSA) is 95.9 Å². The van der Waals surface area contributed by atoms with E-state index in [1.807, 2.05) is 0 Å². The van der Waals surface area contributed by atoms with Crippen LogP contribution in [0.5, 0.6) is 0 Å². The molecule has 0 aromatic carbocycles. The smallest absolute Gasteiger partial charge is 0.305 e. The number of carbonyl (C=O) groups excluding carboxylic acids is 2. The molecule has 73 heavy (non-hydrogen) atoms. The highest BCUT2D eigenvalue weighted by molar-refractivity contribution is 5.76. The first kappa shape index (κ1) is 71.6. The minimum atomic E-state index is -0.668. The van der Waals surface area contributed by atoms with Gasteiger partial charge in [0, 0.05) is 12.8 Å². The fourth-order valence-corrected chi connectivity index (χ4v) is 10.7. The van der Waals surface area contributed by atoms with Gasteiger partial charge in [-0.05, 0) is 51.4 Å². The first-order valence-corrected chi connectivity index (χ1v) is 33.4. The number of aliphatic hydroxyl groups is 2. The number of allylic oxidation sites excluding steroid dienone is 2. The van der Waals surface area contributed by atoms with E-state index in [1.54, 1.807) is 0 Å². The molecular formula is C67H131NO5. The molecule has 0 aromatic rings. The van der Waals surface area contributed by atoms with Crippen LogP contribution in [0.3, 0.4) is 0 Å². The van der Waals surface area contributed by atoms with Gasteiger partial charge in [0.2, 0.25) is 5.91 Å². The lowest BCUT2D eigenvalue weighted by Gasteiger charge is -2.22. The summed E-state index contributed by atoms with van der Waals surface area (Å²) in [5, 5.41) is 23.4. The van der Waals surface area contributed by atoms with Gasteiger partial charge in [0.25, 0.3) is 0 Å². The molecule has 6 heteroatoms. The molecule has 3 N–H and O–H groups in total. The Hall–Kier alpha value is -1.40. The van der Waals surface area contributed by atoms with Gasteiger partial charge < -0.3 is 20.3 Å². The Bertz CT molecular complexity index is 1100. The van der Waals surface area contributed by atoms with Gasteiger partial charge in [-0.1, -0.05) is 328 Å². The van der Waals surface area contributed by atoms with Crippen LogP contribution in [0, 0.1) is 0 Å². The molecule has 1 amide bonds. The molecule has 0 aliphatic heterocycles. The number of rotatable bonds is 63. The number of hydrogen-bond donors (Lipinski definition) is 3. The average Bonchev–Trinajstić information content (AvgIpc) is 3.39. The monoisotopic (exact) mass is 1030 g/mol. The summed E-state index contributed by atoms with van der Waals surface area (Å²) in [6.45, 7) is 4.99. The maximum absolute atomic E-state index is 12.5. The van der Waals surface area contributed by atoms with Crippen molar-refractivity contribution in [1.29, 1.82) is 0 Å². The molecule has 0 aliphatic rings. The van der Waals surface area contributed by atoms with Gasteiger partial charge >= 0.3 is 5.97 Å². The first-order valence-electron chi connectivity index (χ1n) is 33.4. The summed E-state index contributed by atoms with van der Waals surface area (Å²) in [7, 11) is 0. The Balaban J connectivity index is 3.40. The van der Waals surface area contributed by atoms with Gasteiger partial charge in [-0.3, -0.25) is 9.59 Å². The van der Waals surface area contributed by atoms with Crippen LogP contribution in [0.15, 0.2) is 12.2 Å². The van der Waals surface area contributed by atoms with Crippen molar-refractivity contribution < 1.29 is 24.5 Å². The van der Waals surface area contributed by atoms with E-state index in [9.17, 15) is 19.8 Å². The van der Waals surface area contributed by atoms with Gasteiger partial charge in [0.15, 0.2) is 0 Å². The molecule has 6 nitrogen and oxygen atoms in total. The Morgan fingerprint density at radius 2 is 0.644 bits per heavy atom. The van der Waals surface area contributed by atoms with Crippen molar-refractivity contribution >= 4 is 11.9 Å². The lowest BCUT2D eigenvalue weighted by Crippen LogP contribution is -2.45. The zero-order valence-electron chi connectivity index (χ0n) is 49.6. The van der Waals surface area contributed by atoms with Crippen molar-refractivity contribution in [1.82, 2.24) is 5.32 Å². The molecule has 0 saturated heterocycles. The quantitative estimate of drug-likeness (QED) is 0.0320. The second-order valence-electron chi connectivity index (χ2n) is 23.2. The van der Waals surface area contributed by atoms with Gasteiger partial charge in [0.05, 0.1) is 25.4 Å². The molecule has 2 unspecified atom stereocenters. The van der Waals surface area contributed by atoms with Crippen molar-refractivity contribution in [3.63, 3.8) is 0 Å². The number of amides is 1. The van der Waals surface area contributed by atoms with Crippen molar-refractivity contribution in [2.45, 2.75) is 392 Å². The van der Waals surface area contributed by atoms with Crippen LogP contribution < -0.4 is 5.32 Å². The highest BCUT2D eigenvalue weighted by Gasteiger charge is 2.20. The summed E-state index contributed by atoms with van der Waals surface area (Å²) in [5.74, 6) is -0.0237. The van der Waals surface area contributed by atoms with Crippen LogP contribution in [-0.4, -0.2) is 47.4 Å². The molecule has 2 atom stereocenters. The van der Waals surface area contributed by atoms with Crippen LogP contribution in [0.2, 0.25) is 0 Å². The van der Waals surface area contributed by atoms with E-state index in [-0.39, 0.29) is 18.5 Å². The third kappa shape index (κ3) is 59.7. The van der Waals surface area contributed by atoms with Gasteiger partial charge in [-0.15, -0.1) is 0 Å². The van der Waals surface area contributed by atoms with Crippen LogP contribution >= 0.6 is 0 Å². The predicted molar refractivity (Wildman–Crippen MR) is 320 cm³/mol. The second-order valence-corrected chi connectivity index (χ2v) is 23.2. The number of hydrogen-bond acceptors (Lipinski definition) is 5. The maximum atomic E-state index is 12.5. The van der Waals surface area contributed by atoms with E-state index in [1.165, 1.54) is 308 Å². The van der Waals surface area contributed by atoms with Gasteiger partial charge in [-0.25, -0.2) is 0 Å². The van der Waals surface area contributed by atoms with Gasteiger partial charge in [0.1, 0.15) is 0 Å². The molecule has 434 valence electrons. The van der Waals surface area contributed by atoms with Crippen LogP contribution in [0.25, 0.3) is 0 Å². The maximum Gasteiger partial charge on any atom is 0.305 e. The Kier molecular flexibility index (Phi) is 61.9. The number of ether oxygens (including phenoxy) is 1. The molecule has 0 rings (SSSR count). The summed E-state index contributed by atoms with van der Waals surface area (Å²) in [6, 6.07) is -0.546. The number of unbranched alkanes of at least 4 members (excludes halogenated alkanes) is 50. The Morgan fingerprint density at radius 3 is 0.973 bits per heavy atom. The summed E-state index contributed by atoms with van der Waals surface area (Å²) >= 11 is 0. The number of aliphatic hydroxyl groups excluding tert-OH is 2. The number of esters is 1. The molecule has 0 aliphatic carbocycles. The second kappa shape index (κ2) is 63.1. The molecule has 0 spiro atoms. The van der Waals surface area contributed by atoms with E-state index >= 15 is 0 Å². The average molecular weight is 1030 g/mol. The fraction of sp³-hybridized carbons (Fsp3) is 0.940. The summed E-state index contributed by atoms with van der Waals surface area (Å²) in [6.07, 6.45) is 76.6. The van der Waals surface area contributed by atoms with Crippen LogP contribution in [0.4, 0.5) is 0 Å². The van der Waals surface area contributed by atoms with Crippen LogP contribution in [-0.2, 0) is 14.3 Å². The third-order valence-corrected chi connectivity index (χ3v) is 15.8. The molecule has 0 saturated carbocycles. The molecular weight excluding hydrogens is 899 g/mol. The summed E-state index contributed by atoms with van der Waals surface area (Å²) < 4.78 is 5.50. The van der Waals surface area contributed by atoms with E-state index in [2.05, 4.69) is 31.3 Å². The highest BCUT2D eigenvalue weighted by atomic mass is 16.5. The number of carbonyl (C=O) groups is 2. The third-order valence-electron chi connectivity index (χ3n) is 15.8. The SMILES string of the molecule is CCCCCCCCCCCCCCCCCCCCC(O)C(CO)NC(=O)CCCCCCCCC/C=C\CCCCCCCCCCCCCOC(=O)CCCCCCCCCCCCCCCCCC. The molecule has 0 heterocycles. The highest BCUT2D eigenvalue weighted by Crippen LogP contribution is 2.19. The van der Waals surface area contributed by atoms with E-state index in [0.29, 0.717) is 25.9 Å². The number of nitrogens with one attached hydrogen (secondary N) is 1.